The van der Waals surface area contributed by atoms with E-state index in [4.69, 9.17) is 21.4 Å². The molecule has 0 radical (unpaired) electrons. The normalized spacial score (nSPS) is 10.9. The van der Waals surface area contributed by atoms with Crippen molar-refractivity contribution in [2.24, 2.45) is 4.99 Å². The lowest BCUT2D eigenvalue weighted by Crippen LogP contribution is -2.10. The van der Waals surface area contributed by atoms with Crippen molar-refractivity contribution in [3.8, 4) is 5.75 Å². The molecule has 5 heteroatoms. The van der Waals surface area contributed by atoms with Crippen LogP contribution in [0.15, 0.2) is 41.4 Å². The van der Waals surface area contributed by atoms with E-state index in [2.05, 4.69) is 4.99 Å². The lowest BCUT2D eigenvalue weighted by atomic mass is 10.1. The summed E-state index contributed by atoms with van der Waals surface area (Å²) < 4.78 is 5.25. The lowest BCUT2D eigenvalue weighted by Gasteiger charge is -2.07. The van der Waals surface area contributed by atoms with E-state index in [1.807, 2.05) is 32.0 Å². The molecule has 0 aliphatic carbocycles. The molecule has 0 bridgehead atoms. The molecule has 114 valence electrons. The number of hydrogen-bond acceptors (Lipinski definition) is 3. The summed E-state index contributed by atoms with van der Waals surface area (Å²) in [5.74, 6) is -0.603. The van der Waals surface area contributed by atoms with Crippen LogP contribution in [0.2, 0.25) is 5.02 Å². The Morgan fingerprint density at radius 2 is 2.05 bits per heavy atom. The maximum absolute atomic E-state index is 10.6. The number of carboxylic acid groups (broad SMARTS) is 1. The van der Waals surface area contributed by atoms with E-state index in [0.717, 1.165) is 16.8 Å². The highest BCUT2D eigenvalue weighted by Crippen LogP contribution is 2.24. The molecule has 0 saturated carbocycles. The molecule has 0 atom stereocenters. The van der Waals surface area contributed by atoms with E-state index >= 15 is 0 Å². The molecule has 0 saturated heterocycles. The van der Waals surface area contributed by atoms with Crippen molar-refractivity contribution in [2.75, 3.05) is 6.61 Å². The van der Waals surface area contributed by atoms with Crippen LogP contribution < -0.4 is 4.74 Å². The molecule has 0 heterocycles. The molecule has 1 N–H and O–H groups in total. The SMILES string of the molecule is Cc1ccc(C)c(N=Cc2cc(Cl)ccc2OCC(=O)O)c1. The third kappa shape index (κ3) is 4.33. The topological polar surface area (TPSA) is 58.9 Å². The molecule has 4 nitrogen and oxygen atoms in total. The van der Waals surface area contributed by atoms with Gasteiger partial charge in [0.25, 0.3) is 0 Å². The Balaban J connectivity index is 2.31. The molecule has 0 fully saturated rings. The van der Waals surface area contributed by atoms with Gasteiger partial charge in [0.05, 0.1) is 5.69 Å². The first-order valence-electron chi connectivity index (χ1n) is 6.71. The van der Waals surface area contributed by atoms with Gasteiger partial charge in [-0.05, 0) is 49.2 Å². The number of aliphatic carboxylic acids is 1. The van der Waals surface area contributed by atoms with Crippen LogP contribution >= 0.6 is 11.6 Å². The predicted octanol–water partition coefficient (Wildman–Crippen LogP) is 4.17. The van der Waals surface area contributed by atoms with Crippen LogP contribution in [0.25, 0.3) is 0 Å². The molecule has 22 heavy (non-hydrogen) atoms. The quantitative estimate of drug-likeness (QED) is 0.842. The van der Waals surface area contributed by atoms with Gasteiger partial charge in [0, 0.05) is 16.8 Å². The van der Waals surface area contributed by atoms with Gasteiger partial charge in [-0.1, -0.05) is 23.7 Å². The van der Waals surface area contributed by atoms with Crippen molar-refractivity contribution in [2.45, 2.75) is 13.8 Å². The van der Waals surface area contributed by atoms with Gasteiger partial charge < -0.3 is 9.84 Å². The van der Waals surface area contributed by atoms with E-state index in [9.17, 15) is 4.79 Å². The van der Waals surface area contributed by atoms with Gasteiger partial charge in [0.2, 0.25) is 0 Å². The number of hydrogen-bond donors (Lipinski definition) is 1. The van der Waals surface area contributed by atoms with E-state index in [1.54, 1.807) is 24.4 Å². The van der Waals surface area contributed by atoms with Crippen LogP contribution in [-0.4, -0.2) is 23.9 Å². The summed E-state index contributed by atoms with van der Waals surface area (Å²) in [5, 5.41) is 9.24. The van der Waals surface area contributed by atoms with E-state index in [1.165, 1.54) is 0 Å². The molecule has 2 aromatic rings. The average molecular weight is 318 g/mol. The van der Waals surface area contributed by atoms with Gasteiger partial charge in [-0.3, -0.25) is 4.99 Å². The number of benzene rings is 2. The Morgan fingerprint density at radius 1 is 1.27 bits per heavy atom. The molecule has 2 aromatic carbocycles. The second-order valence-electron chi connectivity index (χ2n) is 4.91. The maximum Gasteiger partial charge on any atom is 0.341 e. The highest BCUT2D eigenvalue weighted by Gasteiger charge is 2.06. The van der Waals surface area contributed by atoms with E-state index in [0.29, 0.717) is 16.3 Å². The largest absolute Gasteiger partial charge is 0.481 e. The van der Waals surface area contributed by atoms with Crippen molar-refractivity contribution in [1.29, 1.82) is 0 Å². The zero-order chi connectivity index (χ0) is 16.1. The number of ether oxygens (including phenoxy) is 1. The van der Waals surface area contributed by atoms with Gasteiger partial charge >= 0.3 is 5.97 Å². The Hall–Kier alpha value is -2.33. The van der Waals surface area contributed by atoms with Crippen LogP contribution in [0.5, 0.6) is 5.75 Å². The first-order chi connectivity index (χ1) is 10.5. The molecule has 0 aromatic heterocycles. The van der Waals surface area contributed by atoms with Gasteiger partial charge in [0.15, 0.2) is 6.61 Å². The summed E-state index contributed by atoms with van der Waals surface area (Å²) in [5.41, 5.74) is 3.65. The third-order valence-corrected chi connectivity index (χ3v) is 3.27. The molecule has 0 aliphatic rings. The standard InChI is InChI=1S/C17H16ClNO3/c1-11-3-4-12(2)15(7-11)19-9-13-8-14(18)5-6-16(13)22-10-17(20)21/h3-9H,10H2,1-2H3,(H,20,21). The second kappa shape index (κ2) is 7.09. The molecule has 0 amide bonds. The first-order valence-corrected chi connectivity index (χ1v) is 7.09. The van der Waals surface area contributed by atoms with Crippen molar-refractivity contribution < 1.29 is 14.6 Å². The molecule has 0 aliphatic heterocycles. The number of aryl methyl sites for hydroxylation is 2. The molecular weight excluding hydrogens is 302 g/mol. The number of carboxylic acids is 1. The van der Waals surface area contributed by atoms with Crippen LogP contribution in [0.1, 0.15) is 16.7 Å². The summed E-state index contributed by atoms with van der Waals surface area (Å²) in [6.07, 6.45) is 1.63. The lowest BCUT2D eigenvalue weighted by molar-refractivity contribution is -0.139. The van der Waals surface area contributed by atoms with Gasteiger partial charge in [-0.2, -0.15) is 0 Å². The summed E-state index contributed by atoms with van der Waals surface area (Å²) in [6.45, 7) is 3.57. The highest BCUT2D eigenvalue weighted by atomic mass is 35.5. The first kappa shape index (κ1) is 16.0. The zero-order valence-corrected chi connectivity index (χ0v) is 13.1. The number of halogens is 1. The van der Waals surface area contributed by atoms with Gasteiger partial charge in [0.1, 0.15) is 5.75 Å². The molecule has 0 spiro atoms. The minimum Gasteiger partial charge on any atom is -0.481 e. The number of aliphatic imine (C=N–C) groups is 1. The van der Waals surface area contributed by atoms with Crippen LogP contribution in [0, 0.1) is 13.8 Å². The van der Waals surface area contributed by atoms with E-state index in [-0.39, 0.29) is 0 Å². The minimum atomic E-state index is -1.03. The fourth-order valence-corrected chi connectivity index (χ4v) is 2.07. The third-order valence-electron chi connectivity index (χ3n) is 3.03. The fourth-order valence-electron chi connectivity index (χ4n) is 1.89. The molecular formula is C17H16ClNO3. The van der Waals surface area contributed by atoms with Crippen molar-refractivity contribution in [3.63, 3.8) is 0 Å². The summed E-state index contributed by atoms with van der Waals surface area (Å²) in [7, 11) is 0. The highest BCUT2D eigenvalue weighted by molar-refractivity contribution is 6.30. The van der Waals surface area contributed by atoms with Crippen LogP contribution in [0.4, 0.5) is 5.69 Å². The van der Waals surface area contributed by atoms with Crippen molar-refractivity contribution >= 4 is 29.5 Å². The van der Waals surface area contributed by atoms with Crippen LogP contribution in [-0.2, 0) is 4.79 Å². The Morgan fingerprint density at radius 3 is 2.77 bits per heavy atom. The predicted molar refractivity (Wildman–Crippen MR) is 87.8 cm³/mol. The molecule has 2 rings (SSSR count). The number of nitrogens with zero attached hydrogens (tertiary/aromatic N) is 1. The number of rotatable bonds is 5. The Labute approximate surface area is 134 Å². The molecule has 0 unspecified atom stereocenters. The van der Waals surface area contributed by atoms with Gasteiger partial charge in [-0.25, -0.2) is 4.79 Å². The fraction of sp³-hybridized carbons (Fsp3) is 0.176. The smallest absolute Gasteiger partial charge is 0.341 e. The monoisotopic (exact) mass is 317 g/mol. The number of carbonyl (C=O) groups is 1. The van der Waals surface area contributed by atoms with Gasteiger partial charge in [-0.15, -0.1) is 0 Å². The van der Waals surface area contributed by atoms with Crippen molar-refractivity contribution in [1.82, 2.24) is 0 Å². The summed E-state index contributed by atoms with van der Waals surface area (Å²) in [6, 6.07) is 11.0. The Bertz CT molecular complexity index is 726. The summed E-state index contributed by atoms with van der Waals surface area (Å²) >= 11 is 5.98. The Kier molecular flexibility index (Phi) is 5.17. The maximum atomic E-state index is 10.6. The average Bonchev–Trinajstić information content (AvgIpc) is 2.47. The van der Waals surface area contributed by atoms with Crippen molar-refractivity contribution in [3.05, 3.63) is 58.1 Å². The summed E-state index contributed by atoms with van der Waals surface area (Å²) in [4.78, 5) is 15.1. The zero-order valence-electron chi connectivity index (χ0n) is 12.3. The van der Waals surface area contributed by atoms with Crippen LogP contribution in [0.3, 0.4) is 0 Å². The van der Waals surface area contributed by atoms with E-state index < -0.39 is 12.6 Å². The minimum absolute atomic E-state index is 0.411. The second-order valence-corrected chi connectivity index (χ2v) is 5.35.